The third-order valence-corrected chi connectivity index (χ3v) is 6.06. The second kappa shape index (κ2) is 10.8. The highest BCUT2D eigenvalue weighted by molar-refractivity contribution is 7.90. The molecule has 11 heteroatoms. The van der Waals surface area contributed by atoms with Crippen LogP contribution in [0.2, 0.25) is 0 Å². The topological polar surface area (TPSA) is 108 Å². The molecular weight excluding hydrogens is 485 g/mol. The van der Waals surface area contributed by atoms with Crippen molar-refractivity contribution in [3.63, 3.8) is 0 Å². The highest BCUT2D eigenvalue weighted by Crippen LogP contribution is 2.39. The number of nitrogens with two attached hydrogens (primary N) is 1. The Morgan fingerprint density at radius 3 is 2.34 bits per heavy atom. The van der Waals surface area contributed by atoms with E-state index < -0.39 is 50.8 Å². The summed E-state index contributed by atoms with van der Waals surface area (Å²) in [7, 11) is -4.07. The zero-order chi connectivity index (χ0) is 25.6. The van der Waals surface area contributed by atoms with Gasteiger partial charge in [-0.15, -0.1) is 0 Å². The van der Waals surface area contributed by atoms with Crippen LogP contribution in [0.15, 0.2) is 72.8 Å². The fourth-order valence-electron chi connectivity index (χ4n) is 3.12. The van der Waals surface area contributed by atoms with Crippen LogP contribution in [0.1, 0.15) is 34.5 Å². The summed E-state index contributed by atoms with van der Waals surface area (Å²) in [5.74, 6) is -1.18. The van der Waals surface area contributed by atoms with Crippen LogP contribution in [0.4, 0.5) is 13.2 Å². The van der Waals surface area contributed by atoms with Gasteiger partial charge in [-0.1, -0.05) is 30.3 Å². The standard InChI is InChI=1S/C24H23F3N2O5S/c1-16(17-6-5-9-20(14-17)34-19-7-3-2-4-8-19)33-22-11-10-18(15-21(22)24(25,26)27)23(30)29-35(31,32)13-12-28/h2-11,14-16H,12-13,28H2,1H3,(H,29,30)/t16-/m1/s1. The minimum absolute atomic E-state index is 0.251. The molecule has 0 radical (unpaired) electrons. The molecule has 186 valence electrons. The molecule has 0 bridgehead atoms. The quantitative estimate of drug-likeness (QED) is 0.436. The van der Waals surface area contributed by atoms with Crippen LogP contribution in [0, 0.1) is 0 Å². The predicted octanol–water partition coefficient (Wildman–Crippen LogP) is 4.66. The first-order valence-electron chi connectivity index (χ1n) is 10.4. The summed E-state index contributed by atoms with van der Waals surface area (Å²) in [6.45, 7) is 1.32. The summed E-state index contributed by atoms with van der Waals surface area (Å²) in [5.41, 5.74) is 4.02. The maximum atomic E-state index is 13.7. The minimum Gasteiger partial charge on any atom is -0.485 e. The smallest absolute Gasteiger partial charge is 0.419 e. The Morgan fingerprint density at radius 1 is 1.00 bits per heavy atom. The number of para-hydroxylation sites is 1. The summed E-state index contributed by atoms with van der Waals surface area (Å²) >= 11 is 0. The first-order valence-corrected chi connectivity index (χ1v) is 12.1. The number of carbonyl (C=O) groups excluding carboxylic acids is 1. The fourth-order valence-corrected chi connectivity index (χ4v) is 3.93. The van der Waals surface area contributed by atoms with Crippen LogP contribution in [-0.2, 0) is 16.2 Å². The first-order chi connectivity index (χ1) is 16.5. The van der Waals surface area contributed by atoms with Crippen LogP contribution in [-0.4, -0.2) is 26.6 Å². The molecule has 0 aliphatic rings. The number of sulfonamides is 1. The number of nitrogens with one attached hydrogen (secondary N) is 1. The lowest BCUT2D eigenvalue weighted by molar-refractivity contribution is -0.139. The van der Waals surface area contributed by atoms with Crippen LogP contribution >= 0.6 is 0 Å². The molecule has 0 unspecified atom stereocenters. The summed E-state index contributed by atoms with van der Waals surface area (Å²) in [6, 6.07) is 18.3. The van der Waals surface area contributed by atoms with Gasteiger partial charge in [0.15, 0.2) is 0 Å². The van der Waals surface area contributed by atoms with Gasteiger partial charge < -0.3 is 15.2 Å². The Kier molecular flexibility index (Phi) is 8.03. The van der Waals surface area contributed by atoms with Gasteiger partial charge >= 0.3 is 6.18 Å². The number of rotatable bonds is 9. The zero-order valence-corrected chi connectivity index (χ0v) is 19.4. The molecule has 0 aromatic heterocycles. The Hall–Kier alpha value is -3.57. The average Bonchev–Trinajstić information content (AvgIpc) is 2.79. The van der Waals surface area contributed by atoms with Gasteiger partial charge in [0.1, 0.15) is 23.4 Å². The van der Waals surface area contributed by atoms with Crippen molar-refractivity contribution in [2.45, 2.75) is 19.2 Å². The van der Waals surface area contributed by atoms with E-state index in [4.69, 9.17) is 15.2 Å². The molecule has 1 atom stereocenters. The van der Waals surface area contributed by atoms with Crippen molar-refractivity contribution in [1.82, 2.24) is 4.72 Å². The number of carbonyl (C=O) groups is 1. The zero-order valence-electron chi connectivity index (χ0n) is 18.6. The Labute approximate surface area is 200 Å². The number of amides is 1. The number of hydrogen-bond donors (Lipinski definition) is 2. The van der Waals surface area contributed by atoms with E-state index in [1.54, 1.807) is 60.2 Å². The molecule has 7 nitrogen and oxygen atoms in total. The SMILES string of the molecule is C[C@@H](Oc1ccc(C(=O)NS(=O)(=O)CCN)cc1C(F)(F)F)c1cccc(Oc2ccccc2)c1. The summed E-state index contributed by atoms with van der Waals surface area (Å²) in [6.07, 6.45) is -5.67. The molecule has 0 saturated carbocycles. The van der Waals surface area contributed by atoms with Crippen molar-refractivity contribution in [3.8, 4) is 17.2 Å². The summed E-state index contributed by atoms with van der Waals surface area (Å²) in [5, 5.41) is 0. The molecule has 3 aromatic rings. The average molecular weight is 509 g/mol. The number of alkyl halides is 3. The van der Waals surface area contributed by atoms with Crippen molar-refractivity contribution in [1.29, 1.82) is 0 Å². The molecule has 1 amide bonds. The van der Waals surface area contributed by atoms with E-state index in [0.717, 1.165) is 12.1 Å². The fraction of sp³-hybridized carbons (Fsp3) is 0.208. The molecule has 3 N–H and O–H groups in total. The molecule has 35 heavy (non-hydrogen) atoms. The minimum atomic E-state index is -4.86. The normalized spacial score (nSPS) is 12.6. The number of halogens is 3. The molecule has 0 aliphatic heterocycles. The van der Waals surface area contributed by atoms with Crippen molar-refractivity contribution < 1.29 is 35.9 Å². The molecule has 0 heterocycles. The number of ether oxygens (including phenoxy) is 2. The number of benzene rings is 3. The highest BCUT2D eigenvalue weighted by Gasteiger charge is 2.36. The van der Waals surface area contributed by atoms with Gasteiger partial charge in [0.2, 0.25) is 10.0 Å². The van der Waals surface area contributed by atoms with Crippen LogP contribution in [0.3, 0.4) is 0 Å². The lowest BCUT2D eigenvalue weighted by Gasteiger charge is -2.20. The number of hydrogen-bond acceptors (Lipinski definition) is 6. The maximum absolute atomic E-state index is 13.7. The van der Waals surface area contributed by atoms with Gasteiger partial charge in [-0.05, 0) is 55.0 Å². The van der Waals surface area contributed by atoms with E-state index in [1.807, 2.05) is 6.07 Å². The lowest BCUT2D eigenvalue weighted by Crippen LogP contribution is -2.34. The van der Waals surface area contributed by atoms with Crippen LogP contribution in [0.25, 0.3) is 0 Å². The highest BCUT2D eigenvalue weighted by atomic mass is 32.2. The third-order valence-electron chi connectivity index (χ3n) is 4.79. The summed E-state index contributed by atoms with van der Waals surface area (Å²) < 4.78 is 77.8. The van der Waals surface area contributed by atoms with Crippen molar-refractivity contribution >= 4 is 15.9 Å². The van der Waals surface area contributed by atoms with Crippen molar-refractivity contribution in [2.24, 2.45) is 5.73 Å². The van der Waals surface area contributed by atoms with E-state index >= 15 is 0 Å². The lowest BCUT2D eigenvalue weighted by atomic mass is 10.1. The largest absolute Gasteiger partial charge is 0.485 e. The van der Waals surface area contributed by atoms with E-state index in [1.165, 1.54) is 0 Å². The molecule has 0 spiro atoms. The van der Waals surface area contributed by atoms with Crippen molar-refractivity contribution in [3.05, 3.63) is 89.5 Å². The van der Waals surface area contributed by atoms with Crippen LogP contribution < -0.4 is 19.9 Å². The molecule has 0 saturated heterocycles. The first kappa shape index (κ1) is 26.0. The van der Waals surface area contributed by atoms with Gasteiger partial charge in [0.05, 0.1) is 11.3 Å². The van der Waals surface area contributed by atoms with Gasteiger partial charge in [-0.25, -0.2) is 13.1 Å². The molecule has 0 aliphatic carbocycles. The van der Waals surface area contributed by atoms with Crippen LogP contribution in [0.5, 0.6) is 17.2 Å². The van der Waals surface area contributed by atoms with Crippen molar-refractivity contribution in [2.75, 3.05) is 12.3 Å². The molecular formula is C24H23F3N2O5S. The Bertz CT molecular complexity index is 1280. The Balaban J connectivity index is 1.83. The predicted molar refractivity (Wildman–Crippen MR) is 124 cm³/mol. The molecule has 3 aromatic carbocycles. The van der Waals surface area contributed by atoms with Gasteiger partial charge in [-0.3, -0.25) is 4.79 Å². The van der Waals surface area contributed by atoms with E-state index in [9.17, 15) is 26.4 Å². The maximum Gasteiger partial charge on any atom is 0.419 e. The Morgan fingerprint density at radius 2 is 1.69 bits per heavy atom. The third kappa shape index (κ3) is 7.20. The van der Waals surface area contributed by atoms with E-state index in [-0.39, 0.29) is 6.54 Å². The van der Waals surface area contributed by atoms with Gasteiger partial charge in [-0.2, -0.15) is 13.2 Å². The van der Waals surface area contributed by atoms with Gasteiger partial charge in [0, 0.05) is 12.1 Å². The molecule has 3 rings (SSSR count). The van der Waals surface area contributed by atoms with Gasteiger partial charge in [0.25, 0.3) is 5.91 Å². The monoisotopic (exact) mass is 508 g/mol. The molecule has 0 fully saturated rings. The summed E-state index contributed by atoms with van der Waals surface area (Å²) in [4.78, 5) is 12.2. The van der Waals surface area contributed by atoms with E-state index in [2.05, 4.69) is 0 Å². The second-order valence-electron chi connectivity index (χ2n) is 7.50. The second-order valence-corrected chi connectivity index (χ2v) is 9.34. The van der Waals surface area contributed by atoms with E-state index in [0.29, 0.717) is 23.1 Å².